The number of alkyl carbamates (subject to hydrolysis) is 1. The molecule has 3 amide bonds. The van der Waals surface area contributed by atoms with Crippen LogP contribution in [0.5, 0.6) is 0 Å². The number of thioether (sulfide) groups is 1. The number of hydrogen-bond donors (Lipinski definition) is 2. The van der Waals surface area contributed by atoms with Gasteiger partial charge in [-0.3, -0.25) is 24.6 Å². The van der Waals surface area contributed by atoms with E-state index in [4.69, 9.17) is 21.1 Å². The maximum atomic E-state index is 13.6. The average molecular weight is 659 g/mol. The molecule has 0 aliphatic carbocycles. The summed E-state index contributed by atoms with van der Waals surface area (Å²) in [6.45, 7) is 4.91. The van der Waals surface area contributed by atoms with Crippen LogP contribution in [0.3, 0.4) is 0 Å². The number of nitrogens with zero attached hydrogens (tertiary/aromatic N) is 2. The van der Waals surface area contributed by atoms with Gasteiger partial charge in [0.25, 0.3) is 11.6 Å². The highest BCUT2D eigenvalue weighted by atomic mass is 35.5. The smallest absolute Gasteiger partial charge is 0.408 e. The average Bonchev–Trinajstić information content (AvgIpc) is 3.44. The molecule has 2 N–H and O–H groups in total. The molecule has 1 unspecified atom stereocenters. The summed E-state index contributed by atoms with van der Waals surface area (Å²) in [4.78, 5) is 64.1. The topological polar surface area (TPSA) is 157 Å². The van der Waals surface area contributed by atoms with Crippen molar-refractivity contribution < 1.29 is 33.6 Å². The third kappa shape index (κ3) is 6.66. The first-order chi connectivity index (χ1) is 20.8. The number of esters is 1. The van der Waals surface area contributed by atoms with Crippen LogP contribution >= 0.6 is 34.7 Å². The number of fused-ring (bicyclic) bond motifs is 2. The van der Waals surface area contributed by atoms with E-state index in [1.165, 1.54) is 52.3 Å². The molecule has 0 radical (unpaired) electrons. The normalized spacial score (nSPS) is 18.6. The first-order valence-electron chi connectivity index (χ1n) is 13.3. The maximum Gasteiger partial charge on any atom is 0.408 e. The van der Waals surface area contributed by atoms with Crippen LogP contribution in [0.15, 0.2) is 64.6 Å². The van der Waals surface area contributed by atoms with Crippen LogP contribution in [0, 0.1) is 10.1 Å². The number of thiophene rings is 1. The second-order valence-electron chi connectivity index (χ2n) is 10.9. The highest BCUT2D eigenvalue weighted by molar-refractivity contribution is 8.00. The molecule has 3 atom stereocenters. The van der Waals surface area contributed by atoms with E-state index in [1.807, 2.05) is 17.5 Å². The predicted octanol–water partition coefficient (Wildman–Crippen LogP) is 4.97. The van der Waals surface area contributed by atoms with Crippen LogP contribution < -0.4 is 10.6 Å². The third-order valence-corrected chi connectivity index (χ3v) is 9.31. The number of β-lactam (4-membered cyclic amide) rings is 1. The second-order valence-corrected chi connectivity index (χ2v) is 13.5. The van der Waals surface area contributed by atoms with Crippen molar-refractivity contribution in [2.75, 3.05) is 5.75 Å². The van der Waals surface area contributed by atoms with Gasteiger partial charge in [-0.05, 0) is 73.0 Å². The Morgan fingerprint density at radius 2 is 1.89 bits per heavy atom. The maximum absolute atomic E-state index is 13.6. The first kappa shape index (κ1) is 31.3. The summed E-state index contributed by atoms with van der Waals surface area (Å²) < 4.78 is 11.7. The van der Waals surface area contributed by atoms with E-state index >= 15 is 0 Å². The van der Waals surface area contributed by atoms with Crippen LogP contribution in [0.25, 0.3) is 10.1 Å². The summed E-state index contributed by atoms with van der Waals surface area (Å²) in [7, 11) is 0. The fourth-order valence-corrected chi connectivity index (χ4v) is 6.95. The lowest BCUT2D eigenvalue weighted by molar-refractivity contribution is -0.384. The Morgan fingerprint density at radius 3 is 2.57 bits per heavy atom. The number of hydrogen-bond acceptors (Lipinski definition) is 10. The molecule has 1 fully saturated rings. The number of rotatable bonds is 8. The molecule has 1 saturated heterocycles. The Hall–Kier alpha value is -4.14. The molecular weight excluding hydrogens is 632 g/mol. The quantitative estimate of drug-likeness (QED) is 0.148. The van der Waals surface area contributed by atoms with Gasteiger partial charge in [-0.1, -0.05) is 17.7 Å². The lowest BCUT2D eigenvalue weighted by atomic mass is 10.0. The van der Waals surface area contributed by atoms with E-state index in [2.05, 4.69) is 10.6 Å². The summed E-state index contributed by atoms with van der Waals surface area (Å²) >= 11 is 9.15. The summed E-state index contributed by atoms with van der Waals surface area (Å²) in [6, 6.07) is 10.6. The van der Waals surface area contributed by atoms with E-state index in [9.17, 15) is 29.3 Å². The molecule has 230 valence electrons. The van der Waals surface area contributed by atoms with Gasteiger partial charge in [0.2, 0.25) is 5.91 Å². The fraction of sp³-hybridized carbons (Fsp3) is 0.310. The number of carbonyl (C=O) groups excluding carboxylic acids is 4. The molecule has 12 nitrogen and oxygen atoms in total. The van der Waals surface area contributed by atoms with Crippen molar-refractivity contribution in [3.8, 4) is 0 Å². The first-order valence-corrected chi connectivity index (χ1v) is 15.6. The van der Waals surface area contributed by atoms with Crippen molar-refractivity contribution in [1.29, 1.82) is 0 Å². The molecule has 0 saturated carbocycles. The molecule has 1 aromatic heterocycles. The predicted molar refractivity (Wildman–Crippen MR) is 165 cm³/mol. The molecule has 2 aliphatic heterocycles. The summed E-state index contributed by atoms with van der Waals surface area (Å²) in [5, 5.41) is 18.5. The molecule has 3 aromatic rings. The van der Waals surface area contributed by atoms with Gasteiger partial charge in [0, 0.05) is 22.6 Å². The molecule has 5 rings (SSSR count). The zero-order chi connectivity index (χ0) is 31.8. The number of non-ortho nitro benzene ring substituents is 1. The minimum Gasteiger partial charge on any atom is -0.456 e. The minimum absolute atomic E-state index is 0.104. The number of ether oxygens (including phenoxy) is 2. The number of carbonyl (C=O) groups is 4. The third-order valence-electron chi connectivity index (χ3n) is 6.66. The minimum atomic E-state index is -1.17. The second kappa shape index (κ2) is 12.5. The molecular formula is C29H27ClN4O8S2. The Labute approximate surface area is 264 Å². The monoisotopic (exact) mass is 658 g/mol. The van der Waals surface area contributed by atoms with Crippen molar-refractivity contribution in [1.82, 2.24) is 15.5 Å². The van der Waals surface area contributed by atoms with Crippen molar-refractivity contribution in [3.63, 3.8) is 0 Å². The van der Waals surface area contributed by atoms with Crippen molar-refractivity contribution in [3.05, 3.63) is 85.9 Å². The molecule has 15 heteroatoms. The van der Waals surface area contributed by atoms with E-state index in [0.717, 1.165) is 10.1 Å². The number of nitro benzene ring substituents is 1. The standard InChI is InChI=1S/C29H27ClN4O8S2/c1-29(2,3)42-28(38)32-21(17-6-9-20-16(12-17)10-11-43-20)24(35)31-22-25(36)33-23(19(30)14-44-26(22)33)27(37)41-13-15-4-7-18(8-5-15)34(39)40/h4-12,21-22,26H,13-14H2,1-3H3,(H,31,35)(H,32,38)/t21?,22-,26+/m1/s1. The molecule has 0 spiro atoms. The highest BCUT2D eigenvalue weighted by Gasteiger charge is 2.55. The zero-order valence-corrected chi connectivity index (χ0v) is 26.1. The molecule has 2 aliphatic rings. The van der Waals surface area contributed by atoms with Crippen molar-refractivity contribution in [2.24, 2.45) is 0 Å². The largest absolute Gasteiger partial charge is 0.456 e. The Kier molecular flexibility index (Phi) is 8.86. The lowest BCUT2D eigenvalue weighted by Crippen LogP contribution is -2.71. The van der Waals surface area contributed by atoms with Gasteiger partial charge in [0.1, 0.15) is 35.4 Å². The van der Waals surface area contributed by atoms with E-state index in [1.54, 1.807) is 32.9 Å². The zero-order valence-electron chi connectivity index (χ0n) is 23.7. The van der Waals surface area contributed by atoms with E-state index in [0.29, 0.717) is 11.1 Å². The summed E-state index contributed by atoms with van der Waals surface area (Å²) in [6.07, 6.45) is -0.801. The summed E-state index contributed by atoms with van der Waals surface area (Å²) in [5.74, 6) is -1.85. The molecule has 0 bridgehead atoms. The van der Waals surface area contributed by atoms with Crippen molar-refractivity contribution >= 4 is 74.4 Å². The van der Waals surface area contributed by atoms with Crippen LogP contribution in [-0.4, -0.2) is 56.5 Å². The van der Waals surface area contributed by atoms with Gasteiger partial charge >= 0.3 is 12.1 Å². The van der Waals surface area contributed by atoms with Gasteiger partial charge in [-0.15, -0.1) is 23.1 Å². The number of nitro groups is 1. The van der Waals surface area contributed by atoms with Gasteiger partial charge in [0.15, 0.2) is 0 Å². The van der Waals surface area contributed by atoms with Crippen molar-refractivity contribution in [2.45, 2.75) is 50.4 Å². The van der Waals surface area contributed by atoms with Gasteiger partial charge in [0.05, 0.1) is 9.96 Å². The Morgan fingerprint density at radius 1 is 1.16 bits per heavy atom. The fourth-order valence-electron chi connectivity index (χ4n) is 4.63. The lowest BCUT2D eigenvalue weighted by Gasteiger charge is -2.49. The van der Waals surface area contributed by atoms with Crippen LogP contribution in [0.4, 0.5) is 10.5 Å². The Balaban J connectivity index is 1.29. The molecule has 3 heterocycles. The van der Waals surface area contributed by atoms with Gasteiger partial charge in [-0.25, -0.2) is 9.59 Å². The van der Waals surface area contributed by atoms with E-state index in [-0.39, 0.29) is 28.8 Å². The highest BCUT2D eigenvalue weighted by Crippen LogP contribution is 2.42. The number of halogens is 1. The van der Waals surface area contributed by atoms with Crippen LogP contribution in [-0.2, 0) is 30.5 Å². The number of benzene rings is 2. The van der Waals surface area contributed by atoms with Gasteiger partial charge < -0.3 is 20.1 Å². The van der Waals surface area contributed by atoms with E-state index < -0.39 is 51.9 Å². The Bertz CT molecular complexity index is 1680. The SMILES string of the molecule is CC(C)(C)OC(=O)NC(C(=O)N[C@@H]1C(=O)N2C(C(=O)OCc3ccc([N+](=O)[O-])cc3)=C(Cl)CS[C@@H]12)c1ccc2sccc2c1. The van der Waals surface area contributed by atoms with Crippen LogP contribution in [0.2, 0.25) is 0 Å². The number of amides is 3. The molecule has 44 heavy (non-hydrogen) atoms. The number of nitrogens with one attached hydrogen (secondary N) is 2. The summed E-state index contributed by atoms with van der Waals surface area (Å²) in [5.41, 5.74) is -0.0306. The van der Waals surface area contributed by atoms with Crippen LogP contribution in [0.1, 0.15) is 37.9 Å². The molecule has 2 aromatic carbocycles. The van der Waals surface area contributed by atoms with Gasteiger partial charge in [-0.2, -0.15) is 0 Å².